The fourth-order valence-corrected chi connectivity index (χ4v) is 5.11. The summed E-state index contributed by atoms with van der Waals surface area (Å²) in [6.45, 7) is 1.36. The number of hydrogen-bond acceptors (Lipinski definition) is 6. The van der Waals surface area contributed by atoms with Crippen LogP contribution < -0.4 is 4.74 Å². The van der Waals surface area contributed by atoms with Crippen molar-refractivity contribution < 1.29 is 29.3 Å². The summed E-state index contributed by atoms with van der Waals surface area (Å²) in [5, 5.41) is 23.7. The van der Waals surface area contributed by atoms with Crippen LogP contribution in [0.2, 0.25) is 0 Å². The van der Waals surface area contributed by atoms with E-state index >= 15 is 0 Å². The van der Waals surface area contributed by atoms with Crippen LogP contribution in [0, 0.1) is 0 Å². The quantitative estimate of drug-likeness (QED) is 0.485. The second-order valence-electron chi connectivity index (χ2n) is 9.51. The van der Waals surface area contributed by atoms with Crippen LogP contribution in [0.5, 0.6) is 5.75 Å². The number of aliphatic carboxylic acids is 1. The molecule has 0 bridgehead atoms. The van der Waals surface area contributed by atoms with Gasteiger partial charge in [0.1, 0.15) is 12.4 Å². The number of ether oxygens (including phenoxy) is 2. The van der Waals surface area contributed by atoms with Gasteiger partial charge in [0.25, 0.3) is 0 Å². The van der Waals surface area contributed by atoms with Gasteiger partial charge in [0.2, 0.25) is 0 Å². The Bertz CT molecular complexity index is 1240. The molecule has 37 heavy (non-hydrogen) atoms. The first-order valence-corrected chi connectivity index (χ1v) is 12.5. The van der Waals surface area contributed by atoms with Crippen LogP contribution in [-0.2, 0) is 21.6 Å². The van der Waals surface area contributed by atoms with Crippen molar-refractivity contribution in [3.8, 4) is 17.1 Å². The molecule has 3 aromatic rings. The minimum absolute atomic E-state index is 0.0748. The molecule has 2 saturated heterocycles. The third-order valence-corrected chi connectivity index (χ3v) is 7.28. The second kappa shape index (κ2) is 10.6. The highest BCUT2D eigenvalue weighted by Gasteiger charge is 2.44. The van der Waals surface area contributed by atoms with E-state index in [1.165, 1.54) is 4.90 Å². The van der Waals surface area contributed by atoms with E-state index in [9.17, 15) is 19.8 Å². The van der Waals surface area contributed by atoms with Crippen LogP contribution in [0.1, 0.15) is 49.5 Å². The summed E-state index contributed by atoms with van der Waals surface area (Å²) in [5.41, 5.74) is 2.04. The smallest absolute Gasteiger partial charge is 0.407 e. The molecular weight excluding hydrogens is 476 g/mol. The molecule has 0 aliphatic carbocycles. The van der Waals surface area contributed by atoms with Gasteiger partial charge >= 0.3 is 12.1 Å². The Hall–Kier alpha value is -3.92. The van der Waals surface area contributed by atoms with E-state index in [1.54, 1.807) is 18.5 Å². The zero-order chi connectivity index (χ0) is 25.8. The standard InChI is InChI=1S/C27H30N4O6/c32-25(33)27(10-13-30(14-11-27)26(34)35)20-5-3-4-19(16-20)18-37-21-7-8-22(28-17-21)23-9-12-29-31(23)24-6-1-2-15-36-24/h3-5,7-9,12,16-17,24H,1-2,6,10-11,13-15,18H2,(H,32,33)(H,34,35). The number of carboxylic acid groups (broad SMARTS) is 2. The number of hydrogen-bond donors (Lipinski definition) is 2. The molecule has 2 aliphatic heterocycles. The lowest BCUT2D eigenvalue weighted by Crippen LogP contribution is -2.48. The minimum atomic E-state index is -1.11. The van der Waals surface area contributed by atoms with Gasteiger partial charge in [-0.05, 0) is 61.4 Å². The first-order chi connectivity index (χ1) is 18.0. The van der Waals surface area contributed by atoms with E-state index in [-0.39, 0.29) is 38.8 Å². The highest BCUT2D eigenvalue weighted by atomic mass is 16.5. The van der Waals surface area contributed by atoms with E-state index in [0.29, 0.717) is 11.3 Å². The lowest BCUT2D eigenvalue weighted by atomic mass is 9.72. The molecule has 0 radical (unpaired) electrons. The van der Waals surface area contributed by atoms with E-state index < -0.39 is 17.5 Å². The summed E-state index contributed by atoms with van der Waals surface area (Å²) < 4.78 is 13.7. The molecule has 5 rings (SSSR count). The van der Waals surface area contributed by atoms with Crippen LogP contribution in [0.3, 0.4) is 0 Å². The molecule has 4 heterocycles. The number of benzene rings is 1. The average Bonchev–Trinajstić information content (AvgIpc) is 3.43. The Balaban J connectivity index is 1.26. The third-order valence-electron chi connectivity index (χ3n) is 7.28. The fourth-order valence-electron chi connectivity index (χ4n) is 5.11. The number of rotatable bonds is 7. The minimum Gasteiger partial charge on any atom is -0.487 e. The van der Waals surface area contributed by atoms with Crippen LogP contribution in [0.4, 0.5) is 4.79 Å². The molecule has 1 unspecified atom stereocenters. The maximum absolute atomic E-state index is 12.3. The van der Waals surface area contributed by atoms with Crippen molar-refractivity contribution >= 4 is 12.1 Å². The Morgan fingerprint density at radius 1 is 1.11 bits per heavy atom. The van der Waals surface area contributed by atoms with E-state index in [2.05, 4.69) is 10.1 Å². The van der Waals surface area contributed by atoms with Crippen molar-refractivity contribution in [1.82, 2.24) is 19.7 Å². The summed E-state index contributed by atoms with van der Waals surface area (Å²) in [7, 11) is 0. The topological polar surface area (TPSA) is 127 Å². The molecular formula is C27H30N4O6. The average molecular weight is 507 g/mol. The molecule has 0 spiro atoms. The molecule has 1 amide bonds. The van der Waals surface area contributed by atoms with Gasteiger partial charge in [0.05, 0.1) is 23.0 Å². The number of amides is 1. The molecule has 10 heteroatoms. The van der Waals surface area contributed by atoms with Crippen molar-refractivity contribution in [2.45, 2.75) is 50.4 Å². The lowest BCUT2D eigenvalue weighted by molar-refractivity contribution is -0.145. The first-order valence-electron chi connectivity index (χ1n) is 12.5. The van der Waals surface area contributed by atoms with Gasteiger partial charge in [0, 0.05) is 25.9 Å². The van der Waals surface area contributed by atoms with Crippen molar-refractivity contribution in [2.75, 3.05) is 19.7 Å². The summed E-state index contributed by atoms with van der Waals surface area (Å²) in [6.07, 6.45) is 5.89. The number of likely N-dealkylation sites (tertiary alicyclic amines) is 1. The molecule has 2 aliphatic rings. The van der Waals surface area contributed by atoms with Crippen molar-refractivity contribution in [3.63, 3.8) is 0 Å². The lowest BCUT2D eigenvalue weighted by Gasteiger charge is -2.38. The summed E-state index contributed by atoms with van der Waals surface area (Å²) >= 11 is 0. The van der Waals surface area contributed by atoms with E-state index in [4.69, 9.17) is 9.47 Å². The van der Waals surface area contributed by atoms with Crippen LogP contribution in [-0.4, -0.2) is 61.6 Å². The summed E-state index contributed by atoms with van der Waals surface area (Å²) in [5.74, 6) is -0.342. The molecule has 10 nitrogen and oxygen atoms in total. The molecule has 1 atom stereocenters. The predicted octanol–water partition coefficient (Wildman–Crippen LogP) is 4.32. The van der Waals surface area contributed by atoms with E-state index in [0.717, 1.165) is 42.8 Å². The van der Waals surface area contributed by atoms with Crippen molar-refractivity contribution in [2.24, 2.45) is 0 Å². The monoisotopic (exact) mass is 506 g/mol. The maximum Gasteiger partial charge on any atom is 0.407 e. The number of nitrogens with zero attached hydrogens (tertiary/aromatic N) is 4. The van der Waals surface area contributed by atoms with Gasteiger partial charge in [-0.1, -0.05) is 24.3 Å². The Morgan fingerprint density at radius 3 is 2.62 bits per heavy atom. The predicted molar refractivity (Wildman–Crippen MR) is 133 cm³/mol. The zero-order valence-corrected chi connectivity index (χ0v) is 20.5. The SMILES string of the molecule is O=C(O)N1CCC(C(=O)O)(c2cccc(COc3ccc(-c4ccnn4C4CCCCO4)nc3)c2)CC1. The highest BCUT2D eigenvalue weighted by molar-refractivity contribution is 5.82. The summed E-state index contributed by atoms with van der Waals surface area (Å²) in [6, 6.07) is 13.0. The fraction of sp³-hybridized carbons (Fsp3) is 0.407. The number of aromatic nitrogens is 3. The normalized spacial score (nSPS) is 19.4. The molecule has 194 valence electrons. The largest absolute Gasteiger partial charge is 0.487 e. The third kappa shape index (κ3) is 5.15. The van der Waals surface area contributed by atoms with Crippen molar-refractivity contribution in [3.05, 3.63) is 66.0 Å². The summed E-state index contributed by atoms with van der Waals surface area (Å²) in [4.78, 5) is 29.4. The Labute approximate surface area is 214 Å². The molecule has 0 saturated carbocycles. The molecule has 2 aromatic heterocycles. The van der Waals surface area contributed by atoms with Gasteiger partial charge in [-0.2, -0.15) is 5.10 Å². The first kappa shape index (κ1) is 24.8. The highest BCUT2D eigenvalue weighted by Crippen LogP contribution is 2.36. The van der Waals surface area contributed by atoms with E-state index in [1.807, 2.05) is 41.1 Å². The van der Waals surface area contributed by atoms with Crippen molar-refractivity contribution in [1.29, 1.82) is 0 Å². The molecule has 1 aromatic carbocycles. The zero-order valence-electron chi connectivity index (χ0n) is 20.5. The van der Waals surface area contributed by atoms with Gasteiger partial charge in [-0.3, -0.25) is 9.78 Å². The van der Waals surface area contributed by atoms with Crippen LogP contribution in [0.25, 0.3) is 11.4 Å². The molecule has 2 fully saturated rings. The Kier molecular flexibility index (Phi) is 7.09. The van der Waals surface area contributed by atoms with Gasteiger partial charge in [0.15, 0.2) is 6.23 Å². The number of carboxylic acids is 1. The number of carbonyl (C=O) groups is 2. The maximum atomic E-state index is 12.3. The number of pyridine rings is 1. The van der Waals surface area contributed by atoms with Gasteiger partial charge < -0.3 is 24.6 Å². The van der Waals surface area contributed by atoms with Gasteiger partial charge in [-0.25, -0.2) is 9.48 Å². The molecule has 2 N–H and O–H groups in total. The Morgan fingerprint density at radius 2 is 1.95 bits per heavy atom. The number of piperidine rings is 1. The second-order valence-corrected chi connectivity index (χ2v) is 9.51. The van der Waals surface area contributed by atoms with Crippen LogP contribution >= 0.6 is 0 Å². The van der Waals surface area contributed by atoms with Crippen LogP contribution in [0.15, 0.2) is 54.9 Å². The van der Waals surface area contributed by atoms with Gasteiger partial charge in [-0.15, -0.1) is 0 Å².